The maximum atomic E-state index is 12.9. The number of nitrogens with zero attached hydrogens (tertiary/aromatic N) is 1. The van der Waals surface area contributed by atoms with Crippen molar-refractivity contribution in [2.75, 3.05) is 18.1 Å². The predicted octanol–water partition coefficient (Wildman–Crippen LogP) is 2.55. The van der Waals surface area contributed by atoms with Gasteiger partial charge in [0.1, 0.15) is 16.5 Å². The molecule has 0 radical (unpaired) electrons. The molecule has 1 aliphatic heterocycles. The van der Waals surface area contributed by atoms with Crippen LogP contribution in [-0.4, -0.2) is 39.6 Å². The average molecular weight is 338 g/mol. The molecule has 116 valence electrons. The van der Waals surface area contributed by atoms with E-state index in [4.69, 9.17) is 0 Å². The lowest BCUT2D eigenvalue weighted by Crippen LogP contribution is -2.43. The number of hydrogen-bond acceptors (Lipinski definition) is 5. The Morgan fingerprint density at radius 2 is 2.18 bits per heavy atom. The van der Waals surface area contributed by atoms with Gasteiger partial charge in [0, 0.05) is 23.2 Å². The maximum absolute atomic E-state index is 12.9. The molecule has 7 heteroatoms. The fourth-order valence-corrected chi connectivity index (χ4v) is 4.28. The summed E-state index contributed by atoms with van der Waals surface area (Å²) in [6, 6.07) is 6.00. The Hall–Kier alpha value is -1.44. The number of rotatable bonds is 4. The number of benzene rings is 1. The average Bonchev–Trinajstić information content (AvgIpc) is 3.15. The number of hydrogen-bond donors (Lipinski definition) is 2. The third-order valence-corrected chi connectivity index (χ3v) is 5.61. The normalized spacial score (nSPS) is 21.0. The van der Waals surface area contributed by atoms with Crippen LogP contribution in [0.2, 0.25) is 0 Å². The van der Waals surface area contributed by atoms with Gasteiger partial charge in [-0.3, -0.25) is 4.79 Å². The van der Waals surface area contributed by atoms with Gasteiger partial charge in [0.15, 0.2) is 0 Å². The quantitative estimate of drug-likeness (QED) is 0.899. The van der Waals surface area contributed by atoms with Gasteiger partial charge in [0.2, 0.25) is 0 Å². The zero-order chi connectivity index (χ0) is 15.6. The molecule has 0 spiro atoms. The van der Waals surface area contributed by atoms with E-state index in [0.29, 0.717) is 22.9 Å². The Kier molecular flexibility index (Phi) is 4.46. The lowest BCUT2D eigenvalue weighted by atomic mass is 10.0. The lowest BCUT2D eigenvalue weighted by molar-refractivity contribution is 0.0611. The summed E-state index contributed by atoms with van der Waals surface area (Å²) in [7, 11) is 0. The molecule has 22 heavy (non-hydrogen) atoms. The van der Waals surface area contributed by atoms with Gasteiger partial charge in [0.05, 0.1) is 5.60 Å². The summed E-state index contributed by atoms with van der Waals surface area (Å²) in [4.78, 5) is 16.4. The van der Waals surface area contributed by atoms with Crippen LogP contribution in [0.5, 0.6) is 0 Å². The smallest absolute Gasteiger partial charge is 0.270 e. The molecule has 1 atom stereocenters. The SMILES string of the molecule is O=C(NCC1(O)CCSC1)c1csc(-c2ccc(F)cc2)n1. The van der Waals surface area contributed by atoms with Crippen LogP contribution in [0, 0.1) is 5.82 Å². The van der Waals surface area contributed by atoms with E-state index in [9.17, 15) is 14.3 Å². The lowest BCUT2D eigenvalue weighted by Gasteiger charge is -2.21. The third kappa shape index (κ3) is 3.48. The van der Waals surface area contributed by atoms with Gasteiger partial charge in [0.25, 0.3) is 5.91 Å². The largest absolute Gasteiger partial charge is 0.387 e. The van der Waals surface area contributed by atoms with E-state index in [1.165, 1.54) is 23.5 Å². The first-order chi connectivity index (χ1) is 10.6. The number of carbonyl (C=O) groups is 1. The molecule has 3 rings (SSSR count). The number of amides is 1. The van der Waals surface area contributed by atoms with Crippen LogP contribution in [0.1, 0.15) is 16.9 Å². The molecule has 0 aliphatic carbocycles. The molecule has 0 bridgehead atoms. The Bertz CT molecular complexity index is 666. The Labute approximate surface area is 135 Å². The molecule has 4 nitrogen and oxygen atoms in total. The fourth-order valence-electron chi connectivity index (χ4n) is 2.17. The number of nitrogens with one attached hydrogen (secondary N) is 1. The van der Waals surface area contributed by atoms with Crippen molar-refractivity contribution < 1.29 is 14.3 Å². The zero-order valence-corrected chi connectivity index (χ0v) is 13.3. The van der Waals surface area contributed by atoms with Gasteiger partial charge >= 0.3 is 0 Å². The molecule has 2 aromatic rings. The van der Waals surface area contributed by atoms with Crippen molar-refractivity contribution in [1.82, 2.24) is 10.3 Å². The second-order valence-corrected chi connectivity index (χ2v) is 7.22. The minimum atomic E-state index is -0.809. The first-order valence-corrected chi connectivity index (χ1v) is 8.89. The molecule has 2 heterocycles. The van der Waals surface area contributed by atoms with Crippen molar-refractivity contribution in [3.8, 4) is 10.6 Å². The molecule has 1 aliphatic rings. The van der Waals surface area contributed by atoms with E-state index < -0.39 is 5.60 Å². The van der Waals surface area contributed by atoms with Crippen LogP contribution in [0.4, 0.5) is 4.39 Å². The van der Waals surface area contributed by atoms with E-state index in [1.54, 1.807) is 29.3 Å². The van der Waals surface area contributed by atoms with Gasteiger partial charge < -0.3 is 10.4 Å². The highest BCUT2D eigenvalue weighted by atomic mass is 32.2. The molecule has 1 aromatic heterocycles. The van der Waals surface area contributed by atoms with Crippen LogP contribution in [-0.2, 0) is 0 Å². The summed E-state index contributed by atoms with van der Waals surface area (Å²) >= 11 is 3.02. The molecule has 1 amide bonds. The number of thiazole rings is 1. The summed E-state index contributed by atoms with van der Waals surface area (Å²) in [5.41, 5.74) is 0.283. The first kappa shape index (κ1) is 15.5. The Morgan fingerprint density at radius 3 is 2.86 bits per heavy atom. The van der Waals surface area contributed by atoms with Gasteiger partial charge in [-0.05, 0) is 36.4 Å². The van der Waals surface area contributed by atoms with Crippen molar-refractivity contribution in [2.24, 2.45) is 0 Å². The van der Waals surface area contributed by atoms with Crippen molar-refractivity contribution >= 4 is 29.0 Å². The van der Waals surface area contributed by atoms with Crippen molar-refractivity contribution in [2.45, 2.75) is 12.0 Å². The van der Waals surface area contributed by atoms with Crippen molar-refractivity contribution in [3.63, 3.8) is 0 Å². The second-order valence-electron chi connectivity index (χ2n) is 5.25. The molecule has 1 saturated heterocycles. The summed E-state index contributed by atoms with van der Waals surface area (Å²) in [6.07, 6.45) is 0.690. The van der Waals surface area contributed by atoms with E-state index in [2.05, 4.69) is 10.3 Å². The molecule has 1 aromatic carbocycles. The topological polar surface area (TPSA) is 62.2 Å². The molecule has 1 fully saturated rings. The summed E-state index contributed by atoms with van der Waals surface area (Å²) in [5, 5.41) is 15.3. The van der Waals surface area contributed by atoms with Crippen LogP contribution < -0.4 is 5.32 Å². The standard InChI is InChI=1S/C15H15FN2O2S2/c16-11-3-1-10(2-4-11)14-18-12(7-22-14)13(19)17-8-15(20)5-6-21-9-15/h1-4,7,20H,5-6,8-9H2,(H,17,19). The number of halogens is 1. The summed E-state index contributed by atoms with van der Waals surface area (Å²) in [5.74, 6) is 0.957. The predicted molar refractivity (Wildman–Crippen MR) is 86.7 cm³/mol. The second kappa shape index (κ2) is 6.36. The third-order valence-electron chi connectivity index (χ3n) is 3.49. The zero-order valence-electron chi connectivity index (χ0n) is 11.7. The van der Waals surface area contributed by atoms with Gasteiger partial charge in [-0.15, -0.1) is 11.3 Å². The van der Waals surface area contributed by atoms with Crippen LogP contribution in [0.25, 0.3) is 10.6 Å². The van der Waals surface area contributed by atoms with Gasteiger partial charge in [-0.25, -0.2) is 9.37 Å². The summed E-state index contributed by atoms with van der Waals surface area (Å²) in [6.45, 7) is 0.238. The highest BCUT2D eigenvalue weighted by molar-refractivity contribution is 7.99. The van der Waals surface area contributed by atoms with Crippen LogP contribution in [0.3, 0.4) is 0 Å². The van der Waals surface area contributed by atoms with Crippen molar-refractivity contribution in [3.05, 3.63) is 41.2 Å². The number of carbonyl (C=O) groups excluding carboxylic acids is 1. The van der Waals surface area contributed by atoms with E-state index in [0.717, 1.165) is 11.3 Å². The number of thioether (sulfide) groups is 1. The monoisotopic (exact) mass is 338 g/mol. The van der Waals surface area contributed by atoms with E-state index in [1.807, 2.05) is 0 Å². The minimum absolute atomic E-state index is 0.238. The van der Waals surface area contributed by atoms with E-state index >= 15 is 0 Å². The van der Waals surface area contributed by atoms with Gasteiger partial charge in [-0.2, -0.15) is 11.8 Å². The minimum Gasteiger partial charge on any atom is -0.387 e. The van der Waals surface area contributed by atoms with Crippen LogP contribution in [0.15, 0.2) is 29.6 Å². The van der Waals surface area contributed by atoms with Crippen molar-refractivity contribution in [1.29, 1.82) is 0 Å². The van der Waals surface area contributed by atoms with Crippen LogP contribution >= 0.6 is 23.1 Å². The van der Waals surface area contributed by atoms with E-state index in [-0.39, 0.29) is 18.3 Å². The molecule has 0 saturated carbocycles. The maximum Gasteiger partial charge on any atom is 0.270 e. The number of aromatic nitrogens is 1. The molecule has 1 unspecified atom stereocenters. The highest BCUT2D eigenvalue weighted by Crippen LogP contribution is 2.27. The molecular weight excluding hydrogens is 323 g/mol. The Morgan fingerprint density at radius 1 is 1.41 bits per heavy atom. The molecule has 2 N–H and O–H groups in total. The Balaban J connectivity index is 1.65. The van der Waals surface area contributed by atoms with Gasteiger partial charge in [-0.1, -0.05) is 0 Å². The summed E-state index contributed by atoms with van der Waals surface area (Å²) < 4.78 is 12.9. The molecular formula is C15H15FN2O2S2. The first-order valence-electron chi connectivity index (χ1n) is 6.86. The fraction of sp³-hybridized carbons (Fsp3) is 0.333. The number of aliphatic hydroxyl groups is 1. The highest BCUT2D eigenvalue weighted by Gasteiger charge is 2.32.